The lowest BCUT2D eigenvalue weighted by Gasteiger charge is -2.20. The maximum Gasteiger partial charge on any atom is -0.0132 e. The highest BCUT2D eigenvalue weighted by molar-refractivity contribution is 7.84. The third kappa shape index (κ3) is 4.45. The Morgan fingerprint density at radius 1 is 1.33 bits per heavy atom. The van der Waals surface area contributed by atoms with Gasteiger partial charge in [-0.1, -0.05) is 39.5 Å². The van der Waals surface area contributed by atoms with Gasteiger partial charge in [0.05, 0.1) is 0 Å². The van der Waals surface area contributed by atoms with E-state index < -0.39 is 0 Å². The van der Waals surface area contributed by atoms with Gasteiger partial charge < -0.3 is 0 Å². The Morgan fingerprint density at radius 3 is 2.08 bits per heavy atom. The van der Waals surface area contributed by atoms with Gasteiger partial charge in [0, 0.05) is 0 Å². The molecule has 0 aromatic heterocycles. The summed E-state index contributed by atoms with van der Waals surface area (Å²) in [5.74, 6) is 0. The van der Waals surface area contributed by atoms with Crippen LogP contribution in [0.2, 0.25) is 0 Å². The summed E-state index contributed by atoms with van der Waals surface area (Å²) in [6, 6.07) is 0. The fourth-order valence-electron chi connectivity index (χ4n) is 0.867. The van der Waals surface area contributed by atoms with Gasteiger partial charge in [0.2, 0.25) is 0 Å². The molecule has 0 aliphatic carbocycles. The highest BCUT2D eigenvalue weighted by Gasteiger charge is 2.13. The average Bonchev–Trinajstić information content (AvgIpc) is 1.83. The van der Waals surface area contributed by atoms with Gasteiger partial charge >= 0.3 is 0 Å². The SMILES string of the molecule is C=C/C=C(\C=C(/C)S)C(C)(C)C. The van der Waals surface area contributed by atoms with Crippen molar-refractivity contribution in [3.05, 3.63) is 35.3 Å². The van der Waals surface area contributed by atoms with Crippen molar-refractivity contribution in [3.8, 4) is 0 Å². The fourth-order valence-corrected chi connectivity index (χ4v) is 1.01. The Kier molecular flexibility index (Phi) is 4.40. The van der Waals surface area contributed by atoms with Gasteiger partial charge in [-0.05, 0) is 28.9 Å². The predicted octanol–water partition coefficient (Wildman–Crippen LogP) is 3.98. The Labute approximate surface area is 81.5 Å². The second-order valence-electron chi connectivity index (χ2n) is 3.89. The molecule has 0 rings (SSSR count). The van der Waals surface area contributed by atoms with Crippen molar-refractivity contribution in [3.63, 3.8) is 0 Å². The van der Waals surface area contributed by atoms with Crippen LogP contribution in [-0.4, -0.2) is 0 Å². The van der Waals surface area contributed by atoms with E-state index in [1.165, 1.54) is 5.57 Å². The van der Waals surface area contributed by atoms with Gasteiger partial charge in [0.1, 0.15) is 0 Å². The molecule has 0 aromatic rings. The third-order valence-corrected chi connectivity index (χ3v) is 1.66. The van der Waals surface area contributed by atoms with Crippen LogP contribution in [0, 0.1) is 5.41 Å². The number of hydrogen-bond donors (Lipinski definition) is 1. The number of thiol groups is 1. The first-order valence-corrected chi connectivity index (χ1v) is 4.53. The summed E-state index contributed by atoms with van der Waals surface area (Å²) in [6.45, 7) is 12.2. The molecule has 0 heterocycles. The molecule has 0 N–H and O–H groups in total. The lowest BCUT2D eigenvalue weighted by molar-refractivity contribution is 0.517. The van der Waals surface area contributed by atoms with Crippen LogP contribution >= 0.6 is 12.6 Å². The molecule has 0 saturated carbocycles. The fraction of sp³-hybridized carbons (Fsp3) is 0.455. The highest BCUT2D eigenvalue weighted by atomic mass is 32.1. The first-order valence-electron chi connectivity index (χ1n) is 4.08. The van der Waals surface area contributed by atoms with Gasteiger partial charge in [-0.2, -0.15) is 0 Å². The van der Waals surface area contributed by atoms with E-state index in [1.54, 1.807) is 0 Å². The van der Waals surface area contributed by atoms with Crippen molar-refractivity contribution in [2.24, 2.45) is 5.41 Å². The molecule has 0 fully saturated rings. The van der Waals surface area contributed by atoms with E-state index >= 15 is 0 Å². The number of allylic oxidation sites excluding steroid dienone is 5. The molecule has 0 atom stereocenters. The molecule has 1 heteroatoms. The van der Waals surface area contributed by atoms with Crippen molar-refractivity contribution in [2.45, 2.75) is 27.7 Å². The van der Waals surface area contributed by atoms with E-state index in [9.17, 15) is 0 Å². The molecule has 0 saturated heterocycles. The zero-order chi connectivity index (χ0) is 9.78. The molecular weight excluding hydrogens is 164 g/mol. The normalized spacial score (nSPS) is 14.8. The lowest BCUT2D eigenvalue weighted by atomic mass is 9.86. The van der Waals surface area contributed by atoms with Crippen molar-refractivity contribution in [1.82, 2.24) is 0 Å². The maximum absolute atomic E-state index is 4.25. The molecule has 0 bridgehead atoms. The van der Waals surface area contributed by atoms with Crippen LogP contribution in [0.1, 0.15) is 27.7 Å². The zero-order valence-electron chi connectivity index (χ0n) is 8.39. The van der Waals surface area contributed by atoms with Gasteiger partial charge in [-0.25, -0.2) is 0 Å². The molecule has 0 amide bonds. The smallest absolute Gasteiger partial charge is 0.0132 e. The van der Waals surface area contributed by atoms with Crippen LogP contribution < -0.4 is 0 Å². The van der Waals surface area contributed by atoms with E-state index in [0.29, 0.717) is 0 Å². The van der Waals surface area contributed by atoms with E-state index in [4.69, 9.17) is 0 Å². The minimum absolute atomic E-state index is 0.165. The van der Waals surface area contributed by atoms with Crippen LogP contribution in [0.15, 0.2) is 35.3 Å². The minimum Gasteiger partial charge on any atom is -0.148 e. The Balaban J connectivity index is 4.82. The van der Waals surface area contributed by atoms with Crippen LogP contribution in [0.25, 0.3) is 0 Å². The van der Waals surface area contributed by atoms with Crippen LogP contribution in [0.5, 0.6) is 0 Å². The molecular formula is C11H18S. The summed E-state index contributed by atoms with van der Waals surface area (Å²) in [6.07, 6.45) is 5.91. The molecule has 12 heavy (non-hydrogen) atoms. The molecule has 0 spiro atoms. The standard InChI is InChI=1S/C11H18S/c1-6-7-10(8-9(2)12)11(3,4)5/h6-8,12H,1H2,2-5H3/b9-8+,10-7+. The Hall–Kier alpha value is -0.430. The summed E-state index contributed by atoms with van der Waals surface area (Å²) < 4.78 is 0. The van der Waals surface area contributed by atoms with E-state index in [0.717, 1.165) is 4.91 Å². The summed E-state index contributed by atoms with van der Waals surface area (Å²) in [5.41, 5.74) is 1.42. The summed E-state index contributed by atoms with van der Waals surface area (Å²) in [7, 11) is 0. The van der Waals surface area contributed by atoms with Gasteiger partial charge in [0.25, 0.3) is 0 Å². The van der Waals surface area contributed by atoms with E-state index in [1.807, 2.05) is 19.1 Å². The monoisotopic (exact) mass is 182 g/mol. The maximum atomic E-state index is 4.25. The van der Waals surface area contributed by atoms with E-state index in [2.05, 4.69) is 46.1 Å². The summed E-state index contributed by atoms with van der Waals surface area (Å²) in [4.78, 5) is 1.03. The number of hydrogen-bond acceptors (Lipinski definition) is 1. The molecule has 0 radical (unpaired) electrons. The third-order valence-electron chi connectivity index (χ3n) is 1.53. The Morgan fingerprint density at radius 2 is 1.83 bits per heavy atom. The summed E-state index contributed by atoms with van der Waals surface area (Å²) in [5, 5.41) is 0. The highest BCUT2D eigenvalue weighted by Crippen LogP contribution is 2.27. The minimum atomic E-state index is 0.165. The summed E-state index contributed by atoms with van der Waals surface area (Å²) >= 11 is 4.25. The van der Waals surface area contributed by atoms with Crippen molar-refractivity contribution in [2.75, 3.05) is 0 Å². The average molecular weight is 182 g/mol. The largest absolute Gasteiger partial charge is 0.148 e. The van der Waals surface area contributed by atoms with Crippen molar-refractivity contribution < 1.29 is 0 Å². The Bertz CT molecular complexity index is 210. The van der Waals surface area contributed by atoms with Crippen LogP contribution in [-0.2, 0) is 0 Å². The number of rotatable bonds is 2. The lowest BCUT2D eigenvalue weighted by Crippen LogP contribution is -2.07. The van der Waals surface area contributed by atoms with Gasteiger partial charge in [0.15, 0.2) is 0 Å². The molecule has 0 nitrogen and oxygen atoms in total. The van der Waals surface area contributed by atoms with Gasteiger partial charge in [-0.3, -0.25) is 0 Å². The topological polar surface area (TPSA) is 0 Å². The first kappa shape index (κ1) is 11.6. The molecule has 0 aliphatic rings. The van der Waals surface area contributed by atoms with Crippen LogP contribution in [0.3, 0.4) is 0 Å². The zero-order valence-corrected chi connectivity index (χ0v) is 9.28. The van der Waals surface area contributed by atoms with Crippen LogP contribution in [0.4, 0.5) is 0 Å². The quantitative estimate of drug-likeness (QED) is 0.484. The first-order chi connectivity index (χ1) is 5.38. The second kappa shape index (κ2) is 4.56. The molecule has 0 aromatic carbocycles. The molecule has 0 unspecified atom stereocenters. The molecule has 0 aliphatic heterocycles. The van der Waals surface area contributed by atoms with E-state index in [-0.39, 0.29) is 5.41 Å². The van der Waals surface area contributed by atoms with Gasteiger partial charge in [-0.15, -0.1) is 12.6 Å². The molecule has 68 valence electrons. The van der Waals surface area contributed by atoms with Crippen molar-refractivity contribution >= 4 is 12.6 Å². The second-order valence-corrected chi connectivity index (χ2v) is 4.60. The predicted molar refractivity (Wildman–Crippen MR) is 60.5 cm³/mol. The van der Waals surface area contributed by atoms with Crippen molar-refractivity contribution in [1.29, 1.82) is 0 Å².